The largest absolute Gasteiger partial charge is 0.496 e. The van der Waals surface area contributed by atoms with Crippen molar-refractivity contribution in [3.63, 3.8) is 0 Å². The first-order chi connectivity index (χ1) is 10.1. The van der Waals surface area contributed by atoms with Crippen molar-refractivity contribution in [3.8, 4) is 11.5 Å². The van der Waals surface area contributed by atoms with Crippen LogP contribution in [0.3, 0.4) is 0 Å². The fraction of sp³-hybridized carbons (Fsp3) is 0.312. The monoisotopic (exact) mass is 306 g/mol. The highest BCUT2D eigenvalue weighted by Crippen LogP contribution is 2.30. The van der Waals surface area contributed by atoms with E-state index >= 15 is 0 Å². The number of pyridine rings is 1. The molecule has 0 bridgehead atoms. The van der Waals surface area contributed by atoms with Crippen molar-refractivity contribution >= 4 is 11.6 Å². The molecule has 0 fully saturated rings. The fourth-order valence-electron chi connectivity index (χ4n) is 2.23. The molecule has 5 heteroatoms. The maximum Gasteiger partial charge on any atom is 0.142 e. The van der Waals surface area contributed by atoms with Gasteiger partial charge in [-0.15, -0.1) is 0 Å². The number of aryl methyl sites for hydroxylation is 1. The van der Waals surface area contributed by atoms with Crippen molar-refractivity contribution < 1.29 is 9.47 Å². The molecule has 1 aromatic carbocycles. The zero-order valence-corrected chi connectivity index (χ0v) is 13.2. The Morgan fingerprint density at radius 2 is 2.00 bits per heavy atom. The van der Waals surface area contributed by atoms with Gasteiger partial charge in [-0.2, -0.15) is 0 Å². The summed E-state index contributed by atoms with van der Waals surface area (Å²) in [5.41, 5.74) is 9.37. The van der Waals surface area contributed by atoms with E-state index in [-0.39, 0.29) is 0 Å². The smallest absolute Gasteiger partial charge is 0.142 e. The third kappa shape index (κ3) is 3.28. The molecular weight excluding hydrogens is 288 g/mol. The molecule has 0 spiro atoms. The molecule has 0 aliphatic heterocycles. The fourth-order valence-corrected chi connectivity index (χ4v) is 2.48. The van der Waals surface area contributed by atoms with Gasteiger partial charge in [0.25, 0.3) is 0 Å². The third-order valence-corrected chi connectivity index (χ3v) is 3.67. The molecule has 2 rings (SSSR count). The summed E-state index contributed by atoms with van der Waals surface area (Å²) < 4.78 is 11.2. The molecule has 0 unspecified atom stereocenters. The maximum absolute atomic E-state index is 6.17. The van der Waals surface area contributed by atoms with E-state index in [9.17, 15) is 0 Å². The summed E-state index contributed by atoms with van der Waals surface area (Å²) in [6.45, 7) is 4.62. The predicted molar refractivity (Wildman–Crippen MR) is 83.9 cm³/mol. The Morgan fingerprint density at radius 3 is 2.67 bits per heavy atom. The van der Waals surface area contributed by atoms with Crippen LogP contribution in [0.2, 0.25) is 5.02 Å². The van der Waals surface area contributed by atoms with E-state index in [1.54, 1.807) is 19.4 Å². The second-order valence-corrected chi connectivity index (χ2v) is 5.17. The van der Waals surface area contributed by atoms with E-state index in [1.165, 1.54) is 0 Å². The van der Waals surface area contributed by atoms with Crippen LogP contribution in [0, 0.1) is 13.8 Å². The second-order valence-electron chi connectivity index (χ2n) is 4.77. The summed E-state index contributed by atoms with van der Waals surface area (Å²) >= 11 is 6.17. The van der Waals surface area contributed by atoms with E-state index in [2.05, 4.69) is 4.98 Å². The van der Waals surface area contributed by atoms with Gasteiger partial charge in [0.2, 0.25) is 0 Å². The number of ether oxygens (including phenoxy) is 2. The Kier molecular flexibility index (Phi) is 5.04. The van der Waals surface area contributed by atoms with Crippen molar-refractivity contribution in [2.45, 2.75) is 27.0 Å². The van der Waals surface area contributed by atoms with E-state index in [0.29, 0.717) is 23.9 Å². The normalized spacial score (nSPS) is 10.5. The van der Waals surface area contributed by atoms with Crippen molar-refractivity contribution in [3.05, 3.63) is 51.8 Å². The minimum absolute atomic E-state index is 0.319. The van der Waals surface area contributed by atoms with Crippen LogP contribution in [-0.4, -0.2) is 12.1 Å². The number of methoxy groups -OCH3 is 1. The van der Waals surface area contributed by atoms with Gasteiger partial charge >= 0.3 is 0 Å². The first kappa shape index (κ1) is 15.6. The van der Waals surface area contributed by atoms with Crippen LogP contribution in [0.5, 0.6) is 11.5 Å². The summed E-state index contributed by atoms with van der Waals surface area (Å²) in [7, 11) is 1.65. The van der Waals surface area contributed by atoms with Crippen LogP contribution in [0.4, 0.5) is 0 Å². The number of para-hydroxylation sites is 1. The number of rotatable bonds is 5. The average Bonchev–Trinajstić information content (AvgIpc) is 2.48. The Bertz CT molecular complexity index is 644. The van der Waals surface area contributed by atoms with Crippen molar-refractivity contribution in [1.29, 1.82) is 0 Å². The number of hydrogen-bond donors (Lipinski definition) is 1. The minimum atomic E-state index is 0.319. The Morgan fingerprint density at radius 1 is 1.24 bits per heavy atom. The molecule has 4 nitrogen and oxygen atoms in total. The van der Waals surface area contributed by atoms with Crippen molar-refractivity contribution in [1.82, 2.24) is 4.98 Å². The summed E-state index contributed by atoms with van der Waals surface area (Å²) in [6, 6.07) is 5.54. The molecule has 2 aromatic rings. The lowest BCUT2D eigenvalue weighted by Crippen LogP contribution is -2.07. The molecule has 0 aliphatic rings. The van der Waals surface area contributed by atoms with Crippen LogP contribution < -0.4 is 15.2 Å². The maximum atomic E-state index is 6.17. The molecule has 0 aliphatic carbocycles. The van der Waals surface area contributed by atoms with Gasteiger partial charge in [0, 0.05) is 29.4 Å². The van der Waals surface area contributed by atoms with Gasteiger partial charge < -0.3 is 15.2 Å². The topological polar surface area (TPSA) is 57.4 Å². The van der Waals surface area contributed by atoms with Gasteiger partial charge in [0.15, 0.2) is 0 Å². The molecule has 1 heterocycles. The molecule has 112 valence electrons. The quantitative estimate of drug-likeness (QED) is 0.920. The number of nitrogens with two attached hydrogens (primary N) is 1. The molecule has 0 saturated carbocycles. The Labute approximate surface area is 129 Å². The van der Waals surface area contributed by atoms with Gasteiger partial charge in [-0.05, 0) is 19.9 Å². The van der Waals surface area contributed by atoms with Crippen LogP contribution in [0.25, 0.3) is 0 Å². The minimum Gasteiger partial charge on any atom is -0.496 e. The number of aromatic nitrogens is 1. The second kappa shape index (κ2) is 6.78. The number of halogens is 1. The summed E-state index contributed by atoms with van der Waals surface area (Å²) in [5, 5.41) is 0.551. The van der Waals surface area contributed by atoms with E-state index < -0.39 is 0 Å². The highest BCUT2D eigenvalue weighted by Gasteiger charge is 2.12. The van der Waals surface area contributed by atoms with E-state index in [4.69, 9.17) is 26.8 Å². The van der Waals surface area contributed by atoms with Crippen LogP contribution in [0.15, 0.2) is 24.4 Å². The molecule has 2 N–H and O–H groups in total. The van der Waals surface area contributed by atoms with Gasteiger partial charge in [-0.1, -0.05) is 23.7 Å². The van der Waals surface area contributed by atoms with Gasteiger partial charge in [-0.25, -0.2) is 0 Å². The van der Waals surface area contributed by atoms with E-state index in [1.807, 2.05) is 26.0 Å². The van der Waals surface area contributed by atoms with Crippen molar-refractivity contribution in [2.24, 2.45) is 5.73 Å². The molecule has 0 saturated heterocycles. The highest BCUT2D eigenvalue weighted by molar-refractivity contribution is 6.32. The van der Waals surface area contributed by atoms with Gasteiger partial charge in [0.05, 0.1) is 17.8 Å². The Balaban J connectivity index is 2.25. The lowest BCUT2D eigenvalue weighted by Gasteiger charge is -2.15. The first-order valence-electron chi connectivity index (χ1n) is 6.67. The van der Waals surface area contributed by atoms with E-state index in [0.717, 1.165) is 28.1 Å². The average molecular weight is 307 g/mol. The molecular formula is C16H19ClN2O2. The SMILES string of the molecule is COc1c(C)cnc(COc2c(Cl)cccc2CN)c1C. The zero-order chi connectivity index (χ0) is 15.4. The highest BCUT2D eigenvalue weighted by atomic mass is 35.5. The summed E-state index contributed by atoms with van der Waals surface area (Å²) in [4.78, 5) is 4.41. The molecule has 0 amide bonds. The van der Waals surface area contributed by atoms with Crippen molar-refractivity contribution in [2.75, 3.05) is 7.11 Å². The Hall–Kier alpha value is -1.78. The summed E-state index contributed by atoms with van der Waals surface area (Å²) in [5.74, 6) is 1.45. The number of hydrogen-bond acceptors (Lipinski definition) is 4. The summed E-state index contributed by atoms with van der Waals surface area (Å²) in [6.07, 6.45) is 1.78. The number of nitrogens with zero attached hydrogens (tertiary/aromatic N) is 1. The van der Waals surface area contributed by atoms with Crippen LogP contribution in [0.1, 0.15) is 22.4 Å². The molecule has 1 aromatic heterocycles. The van der Waals surface area contributed by atoms with Crippen LogP contribution >= 0.6 is 11.6 Å². The first-order valence-corrected chi connectivity index (χ1v) is 7.05. The third-order valence-electron chi connectivity index (χ3n) is 3.37. The lowest BCUT2D eigenvalue weighted by molar-refractivity contribution is 0.296. The van der Waals surface area contributed by atoms with Gasteiger partial charge in [0.1, 0.15) is 18.1 Å². The van der Waals surface area contributed by atoms with Gasteiger partial charge in [-0.3, -0.25) is 4.98 Å². The number of benzene rings is 1. The molecule has 0 radical (unpaired) electrons. The predicted octanol–water partition coefficient (Wildman–Crippen LogP) is 3.40. The standard InChI is InChI=1S/C16H19ClN2O2/c1-10-8-19-14(11(2)15(10)20-3)9-21-16-12(7-18)5-4-6-13(16)17/h4-6,8H,7,9,18H2,1-3H3. The lowest BCUT2D eigenvalue weighted by atomic mass is 10.1. The zero-order valence-electron chi connectivity index (χ0n) is 12.4. The molecule has 21 heavy (non-hydrogen) atoms. The molecule has 0 atom stereocenters. The van der Waals surface area contributed by atoms with Crippen LogP contribution in [-0.2, 0) is 13.2 Å².